The summed E-state index contributed by atoms with van der Waals surface area (Å²) in [6.45, 7) is 2.94. The number of alkyl halides is 1. The Morgan fingerprint density at radius 2 is 2.12 bits per heavy atom. The molecular formula is C13H19FN2. The maximum atomic E-state index is 12.3. The molecule has 0 amide bonds. The third-order valence-electron chi connectivity index (χ3n) is 3.15. The third kappa shape index (κ3) is 3.20. The van der Waals surface area contributed by atoms with Gasteiger partial charge in [-0.2, -0.15) is 0 Å². The van der Waals surface area contributed by atoms with Crippen molar-refractivity contribution in [1.82, 2.24) is 5.32 Å². The molecule has 1 aliphatic rings. The zero-order valence-electron chi connectivity index (χ0n) is 9.51. The summed E-state index contributed by atoms with van der Waals surface area (Å²) < 4.78 is 12.3. The molecule has 0 aromatic heterocycles. The van der Waals surface area contributed by atoms with Crippen LogP contribution in [-0.4, -0.2) is 19.6 Å². The second-order valence-electron chi connectivity index (χ2n) is 4.40. The number of halogens is 1. The first-order valence-electron chi connectivity index (χ1n) is 5.98. The lowest BCUT2D eigenvalue weighted by Gasteiger charge is -2.10. The minimum absolute atomic E-state index is 0.381. The van der Waals surface area contributed by atoms with Crippen molar-refractivity contribution in [2.75, 3.05) is 25.0 Å². The van der Waals surface area contributed by atoms with Gasteiger partial charge in [-0.25, -0.2) is 4.39 Å². The molecule has 0 saturated carbocycles. The highest BCUT2D eigenvalue weighted by Gasteiger charge is 2.13. The van der Waals surface area contributed by atoms with Crippen LogP contribution in [0.1, 0.15) is 18.4 Å². The molecule has 1 saturated heterocycles. The largest absolute Gasteiger partial charge is 0.385 e. The van der Waals surface area contributed by atoms with Crippen LogP contribution in [0.2, 0.25) is 0 Å². The molecule has 1 fully saturated rings. The average Bonchev–Trinajstić information content (AvgIpc) is 2.83. The fourth-order valence-corrected chi connectivity index (χ4v) is 2.09. The van der Waals surface area contributed by atoms with E-state index in [2.05, 4.69) is 10.6 Å². The van der Waals surface area contributed by atoms with Crippen molar-refractivity contribution < 1.29 is 4.39 Å². The van der Waals surface area contributed by atoms with Gasteiger partial charge in [0.1, 0.15) is 6.67 Å². The molecule has 0 aliphatic carbocycles. The number of anilines is 1. The van der Waals surface area contributed by atoms with Gasteiger partial charge < -0.3 is 10.6 Å². The lowest BCUT2D eigenvalue weighted by atomic mass is 10.1. The van der Waals surface area contributed by atoms with Gasteiger partial charge in [-0.05, 0) is 49.5 Å². The zero-order valence-corrected chi connectivity index (χ0v) is 9.51. The first kappa shape index (κ1) is 11.4. The second kappa shape index (κ2) is 5.85. The van der Waals surface area contributed by atoms with Gasteiger partial charge in [0.25, 0.3) is 0 Å². The van der Waals surface area contributed by atoms with E-state index < -0.39 is 0 Å². The molecule has 88 valence electrons. The zero-order chi connectivity index (χ0) is 11.2. The van der Waals surface area contributed by atoms with Gasteiger partial charge in [-0.3, -0.25) is 0 Å². The van der Waals surface area contributed by atoms with Crippen molar-refractivity contribution >= 4 is 5.69 Å². The topological polar surface area (TPSA) is 24.1 Å². The van der Waals surface area contributed by atoms with E-state index in [1.165, 1.54) is 12.8 Å². The van der Waals surface area contributed by atoms with Gasteiger partial charge in [0.15, 0.2) is 0 Å². The Hall–Kier alpha value is -1.09. The molecule has 0 spiro atoms. The number of hydrogen-bond acceptors (Lipinski definition) is 2. The summed E-state index contributed by atoms with van der Waals surface area (Å²) in [5.74, 6) is 0.817. The predicted molar refractivity (Wildman–Crippen MR) is 65.3 cm³/mol. The molecule has 2 rings (SSSR count). The van der Waals surface area contributed by atoms with Gasteiger partial charge in [-0.1, -0.05) is 12.1 Å². The molecule has 16 heavy (non-hydrogen) atoms. The molecule has 1 heterocycles. The Bertz CT molecular complexity index is 304. The van der Waals surface area contributed by atoms with Gasteiger partial charge >= 0.3 is 0 Å². The number of hydrogen-bond donors (Lipinski definition) is 2. The summed E-state index contributed by atoms with van der Waals surface area (Å²) in [5, 5.41) is 6.74. The van der Waals surface area contributed by atoms with Crippen LogP contribution in [0, 0.1) is 5.92 Å². The summed E-state index contributed by atoms with van der Waals surface area (Å²) in [5.41, 5.74) is 1.83. The fraction of sp³-hybridized carbons (Fsp3) is 0.538. The minimum Gasteiger partial charge on any atom is -0.385 e. The van der Waals surface area contributed by atoms with E-state index >= 15 is 0 Å². The maximum Gasteiger partial charge on any atom is 0.115 e. The number of benzene rings is 1. The predicted octanol–water partition coefficient (Wildman–Crippen LogP) is 2.57. The van der Waals surface area contributed by atoms with Crippen molar-refractivity contribution in [2.24, 2.45) is 5.92 Å². The van der Waals surface area contributed by atoms with E-state index in [1.54, 1.807) is 0 Å². The summed E-state index contributed by atoms with van der Waals surface area (Å²) >= 11 is 0. The number of rotatable bonds is 5. The van der Waals surface area contributed by atoms with Crippen LogP contribution >= 0.6 is 0 Å². The molecule has 1 unspecified atom stereocenters. The smallest absolute Gasteiger partial charge is 0.115 e. The van der Waals surface area contributed by atoms with Gasteiger partial charge in [0.05, 0.1) is 0 Å². The molecular weight excluding hydrogens is 203 g/mol. The van der Waals surface area contributed by atoms with Crippen LogP contribution in [0.15, 0.2) is 24.3 Å². The van der Waals surface area contributed by atoms with E-state index in [1.807, 2.05) is 24.3 Å². The molecule has 1 aliphatic heterocycles. The van der Waals surface area contributed by atoms with Crippen LogP contribution in [0.25, 0.3) is 0 Å². The van der Waals surface area contributed by atoms with E-state index in [-0.39, 0.29) is 6.67 Å². The molecule has 0 radical (unpaired) electrons. The average molecular weight is 222 g/mol. The molecule has 1 atom stereocenters. The molecule has 3 heteroatoms. The van der Waals surface area contributed by atoms with Gasteiger partial charge in [0.2, 0.25) is 0 Å². The first-order valence-corrected chi connectivity index (χ1v) is 5.98. The van der Waals surface area contributed by atoms with Gasteiger partial charge in [-0.15, -0.1) is 0 Å². The maximum absolute atomic E-state index is 12.3. The number of nitrogens with one attached hydrogen (secondary N) is 2. The fourth-order valence-electron chi connectivity index (χ4n) is 2.09. The highest BCUT2D eigenvalue weighted by Crippen LogP contribution is 2.14. The van der Waals surface area contributed by atoms with E-state index in [0.29, 0.717) is 0 Å². The summed E-state index contributed by atoms with van der Waals surface area (Å²) in [6, 6.07) is 7.56. The van der Waals surface area contributed by atoms with Crippen LogP contribution < -0.4 is 10.6 Å². The Morgan fingerprint density at radius 1 is 1.31 bits per heavy atom. The minimum atomic E-state index is -0.381. The highest BCUT2D eigenvalue weighted by atomic mass is 19.1. The van der Waals surface area contributed by atoms with E-state index in [4.69, 9.17) is 0 Å². The Labute approximate surface area is 96.2 Å². The van der Waals surface area contributed by atoms with Crippen molar-refractivity contribution in [2.45, 2.75) is 19.5 Å². The van der Waals surface area contributed by atoms with Crippen molar-refractivity contribution in [3.63, 3.8) is 0 Å². The van der Waals surface area contributed by atoms with Gasteiger partial charge in [0, 0.05) is 12.2 Å². The van der Waals surface area contributed by atoms with Crippen LogP contribution in [0.5, 0.6) is 0 Å². The van der Waals surface area contributed by atoms with E-state index in [9.17, 15) is 4.39 Å². The SMILES string of the molecule is FCc1ccc(NCCC2CCNC2)cc1. The van der Waals surface area contributed by atoms with Crippen LogP contribution in [-0.2, 0) is 6.67 Å². The summed E-state index contributed by atoms with van der Waals surface area (Å²) in [4.78, 5) is 0. The third-order valence-corrected chi connectivity index (χ3v) is 3.15. The van der Waals surface area contributed by atoms with Crippen LogP contribution in [0.4, 0.5) is 10.1 Å². The summed E-state index contributed by atoms with van der Waals surface area (Å²) in [7, 11) is 0. The molecule has 2 nitrogen and oxygen atoms in total. The second-order valence-corrected chi connectivity index (χ2v) is 4.40. The highest BCUT2D eigenvalue weighted by molar-refractivity contribution is 5.44. The lowest BCUT2D eigenvalue weighted by Crippen LogP contribution is -2.12. The lowest BCUT2D eigenvalue weighted by molar-refractivity contribution is 0.485. The normalized spacial score (nSPS) is 19.9. The first-order chi connectivity index (χ1) is 7.88. The van der Waals surface area contributed by atoms with Crippen molar-refractivity contribution in [3.05, 3.63) is 29.8 Å². The molecule has 1 aromatic rings. The molecule has 2 N–H and O–H groups in total. The Kier molecular flexibility index (Phi) is 4.17. The van der Waals surface area contributed by atoms with Crippen LogP contribution in [0.3, 0.4) is 0 Å². The quantitative estimate of drug-likeness (QED) is 0.800. The standard InChI is InChI=1S/C13H19FN2/c14-9-11-1-3-13(4-2-11)16-8-6-12-5-7-15-10-12/h1-4,12,15-16H,5-10H2. The van der Waals surface area contributed by atoms with Crippen molar-refractivity contribution in [3.8, 4) is 0 Å². The molecule has 0 bridgehead atoms. The molecule has 1 aromatic carbocycles. The Morgan fingerprint density at radius 3 is 2.75 bits per heavy atom. The monoisotopic (exact) mass is 222 g/mol. The van der Waals surface area contributed by atoms with E-state index in [0.717, 1.165) is 36.8 Å². The summed E-state index contributed by atoms with van der Waals surface area (Å²) in [6.07, 6.45) is 2.50. The Balaban J connectivity index is 1.71. The van der Waals surface area contributed by atoms with Crippen molar-refractivity contribution in [1.29, 1.82) is 0 Å².